The Morgan fingerprint density at radius 1 is 0.875 bits per heavy atom. The zero-order chi connectivity index (χ0) is 16.2. The third kappa shape index (κ3) is 3.31. The van der Waals surface area contributed by atoms with E-state index in [1.165, 1.54) is 48.1 Å². The normalized spacial score (nSPS) is 21.8. The molecule has 124 valence electrons. The Bertz CT molecular complexity index is 651. The van der Waals surface area contributed by atoms with Crippen LogP contribution in [0.3, 0.4) is 0 Å². The van der Waals surface area contributed by atoms with Crippen LogP contribution < -0.4 is 0 Å². The van der Waals surface area contributed by atoms with Gasteiger partial charge in [-0.25, -0.2) is 0 Å². The van der Waals surface area contributed by atoms with Gasteiger partial charge in [0.25, 0.3) is 0 Å². The minimum Gasteiger partial charge on any atom is -0.375 e. The van der Waals surface area contributed by atoms with Crippen molar-refractivity contribution in [3.05, 3.63) is 77.4 Å². The summed E-state index contributed by atoms with van der Waals surface area (Å²) < 4.78 is 6.10. The van der Waals surface area contributed by atoms with E-state index in [2.05, 4.69) is 65.6 Å². The molecule has 2 nitrogen and oxygen atoms in total. The maximum Gasteiger partial charge on any atom is 0.0699 e. The second-order valence-electron chi connectivity index (χ2n) is 6.85. The van der Waals surface area contributed by atoms with Crippen LogP contribution in [0.15, 0.2) is 66.2 Å². The summed E-state index contributed by atoms with van der Waals surface area (Å²) in [7, 11) is 0. The molecule has 0 amide bonds. The van der Waals surface area contributed by atoms with Gasteiger partial charge in [-0.2, -0.15) is 0 Å². The van der Waals surface area contributed by atoms with Crippen molar-refractivity contribution in [1.82, 2.24) is 4.90 Å². The van der Waals surface area contributed by atoms with Crippen molar-refractivity contribution in [3.63, 3.8) is 0 Å². The third-order valence-electron chi connectivity index (χ3n) is 5.21. The molecule has 1 atom stereocenters. The summed E-state index contributed by atoms with van der Waals surface area (Å²) in [4.78, 5) is 2.64. The van der Waals surface area contributed by atoms with Gasteiger partial charge in [0.05, 0.1) is 13.2 Å². The number of piperidine rings is 1. The number of hydrogen-bond donors (Lipinski definition) is 0. The highest BCUT2D eigenvalue weighted by Gasteiger charge is 2.27. The van der Waals surface area contributed by atoms with Gasteiger partial charge in [-0.15, -0.1) is 0 Å². The molecule has 2 aliphatic heterocycles. The highest BCUT2D eigenvalue weighted by atomic mass is 16.5. The smallest absolute Gasteiger partial charge is 0.0699 e. The van der Waals surface area contributed by atoms with Crippen LogP contribution in [-0.4, -0.2) is 37.2 Å². The van der Waals surface area contributed by atoms with Gasteiger partial charge in [0, 0.05) is 12.6 Å². The quantitative estimate of drug-likeness (QED) is 0.815. The fraction of sp³-hybridized carbons (Fsp3) is 0.364. The molecule has 2 heterocycles. The van der Waals surface area contributed by atoms with Gasteiger partial charge in [-0.1, -0.05) is 67.1 Å². The Kier molecular flexibility index (Phi) is 4.77. The zero-order valence-electron chi connectivity index (χ0n) is 14.2. The summed E-state index contributed by atoms with van der Waals surface area (Å²) >= 11 is 0. The van der Waals surface area contributed by atoms with Crippen molar-refractivity contribution in [3.8, 4) is 0 Å². The summed E-state index contributed by atoms with van der Waals surface area (Å²) in [5.41, 5.74) is 5.34. The topological polar surface area (TPSA) is 12.5 Å². The van der Waals surface area contributed by atoms with Crippen LogP contribution in [0.4, 0.5) is 0 Å². The van der Waals surface area contributed by atoms with E-state index in [0.717, 1.165) is 19.8 Å². The maximum absolute atomic E-state index is 6.10. The van der Waals surface area contributed by atoms with Crippen LogP contribution in [0.25, 0.3) is 5.57 Å². The average molecular weight is 319 g/mol. The molecule has 24 heavy (non-hydrogen) atoms. The Morgan fingerprint density at radius 2 is 1.54 bits per heavy atom. The molecular formula is C22H25NO. The number of hydrogen-bond acceptors (Lipinski definition) is 2. The van der Waals surface area contributed by atoms with E-state index >= 15 is 0 Å². The molecular weight excluding hydrogens is 294 g/mol. The summed E-state index contributed by atoms with van der Waals surface area (Å²) in [6, 6.07) is 22.1. The molecule has 1 unspecified atom stereocenters. The van der Waals surface area contributed by atoms with Crippen LogP contribution in [-0.2, 0) is 4.74 Å². The number of rotatable bonds is 2. The van der Waals surface area contributed by atoms with Gasteiger partial charge >= 0.3 is 0 Å². The summed E-state index contributed by atoms with van der Waals surface area (Å²) in [5.74, 6) is 0. The largest absolute Gasteiger partial charge is 0.375 e. The fourth-order valence-electron chi connectivity index (χ4n) is 4.00. The van der Waals surface area contributed by atoms with E-state index in [9.17, 15) is 0 Å². The molecule has 0 saturated carbocycles. The molecule has 0 spiro atoms. The minimum absolute atomic E-state index is 0.601. The van der Waals surface area contributed by atoms with E-state index in [0.29, 0.717) is 6.04 Å². The van der Waals surface area contributed by atoms with Crippen molar-refractivity contribution in [2.45, 2.75) is 25.3 Å². The maximum atomic E-state index is 6.10. The molecule has 2 saturated heterocycles. The molecule has 0 N–H and O–H groups in total. The van der Waals surface area contributed by atoms with Crippen LogP contribution in [0.5, 0.6) is 0 Å². The Balaban J connectivity index is 1.78. The highest BCUT2D eigenvalue weighted by molar-refractivity contribution is 5.82. The summed E-state index contributed by atoms with van der Waals surface area (Å²) in [6.45, 7) is 3.85. The summed E-state index contributed by atoms with van der Waals surface area (Å²) in [6.07, 6.45) is 3.93. The molecule has 2 aliphatic rings. The van der Waals surface area contributed by atoms with Gasteiger partial charge in [0.15, 0.2) is 0 Å². The third-order valence-corrected chi connectivity index (χ3v) is 5.21. The summed E-state index contributed by atoms with van der Waals surface area (Å²) in [5, 5.41) is 0. The lowest BCUT2D eigenvalue weighted by Gasteiger charge is -2.33. The van der Waals surface area contributed by atoms with Crippen molar-refractivity contribution in [2.24, 2.45) is 0 Å². The predicted molar refractivity (Wildman–Crippen MR) is 98.9 cm³/mol. The second-order valence-corrected chi connectivity index (χ2v) is 6.85. The Labute approximate surface area is 144 Å². The number of ether oxygens (including phenoxy) is 1. The number of nitrogens with zero attached hydrogens (tertiary/aromatic N) is 1. The van der Waals surface area contributed by atoms with Crippen molar-refractivity contribution >= 4 is 5.57 Å². The highest BCUT2D eigenvalue weighted by Crippen LogP contribution is 2.30. The van der Waals surface area contributed by atoms with E-state index in [1.54, 1.807) is 0 Å². The molecule has 4 rings (SSSR count). The fourth-order valence-corrected chi connectivity index (χ4v) is 4.00. The lowest BCUT2D eigenvalue weighted by atomic mass is 9.92. The van der Waals surface area contributed by atoms with Gasteiger partial charge in [-0.05, 0) is 41.7 Å². The number of benzene rings is 2. The second kappa shape index (κ2) is 7.33. The molecule has 0 aromatic heterocycles. The molecule has 0 bridgehead atoms. The van der Waals surface area contributed by atoms with Gasteiger partial charge < -0.3 is 4.74 Å². The lowest BCUT2D eigenvalue weighted by Crippen LogP contribution is -2.41. The van der Waals surface area contributed by atoms with Crippen molar-refractivity contribution < 1.29 is 4.74 Å². The first-order valence-corrected chi connectivity index (χ1v) is 9.06. The standard InChI is InChI=1S/C22H25NO/c1-3-9-18(10-4-1)22(19-11-5-2-6-12-19)20-15-23-14-8-7-13-21(23)17-24-16-20/h1-6,9-12,21H,7-8,13-17H2. The molecule has 2 fully saturated rings. The Morgan fingerprint density at radius 3 is 2.21 bits per heavy atom. The van der Waals surface area contributed by atoms with Crippen molar-refractivity contribution in [1.29, 1.82) is 0 Å². The first-order chi connectivity index (χ1) is 11.9. The number of fused-ring (bicyclic) bond motifs is 1. The molecule has 0 aliphatic carbocycles. The lowest BCUT2D eigenvalue weighted by molar-refractivity contribution is 0.0814. The van der Waals surface area contributed by atoms with E-state index in [1.807, 2.05) is 0 Å². The van der Waals surface area contributed by atoms with E-state index < -0.39 is 0 Å². The average Bonchev–Trinajstić information content (AvgIpc) is 2.86. The first-order valence-electron chi connectivity index (χ1n) is 9.06. The van der Waals surface area contributed by atoms with Crippen LogP contribution >= 0.6 is 0 Å². The van der Waals surface area contributed by atoms with E-state index in [-0.39, 0.29) is 0 Å². The molecule has 0 radical (unpaired) electrons. The first kappa shape index (κ1) is 15.6. The van der Waals surface area contributed by atoms with Gasteiger partial charge in [0.2, 0.25) is 0 Å². The monoisotopic (exact) mass is 319 g/mol. The molecule has 2 aromatic rings. The molecule has 2 heteroatoms. The zero-order valence-corrected chi connectivity index (χ0v) is 14.2. The predicted octanol–water partition coefficient (Wildman–Crippen LogP) is 4.37. The van der Waals surface area contributed by atoms with Gasteiger partial charge in [-0.3, -0.25) is 4.90 Å². The minimum atomic E-state index is 0.601. The van der Waals surface area contributed by atoms with Crippen LogP contribution in [0.2, 0.25) is 0 Å². The van der Waals surface area contributed by atoms with E-state index in [4.69, 9.17) is 4.74 Å². The van der Waals surface area contributed by atoms with Crippen molar-refractivity contribution in [2.75, 3.05) is 26.3 Å². The van der Waals surface area contributed by atoms with Gasteiger partial charge in [0.1, 0.15) is 0 Å². The van der Waals surface area contributed by atoms with Crippen LogP contribution in [0.1, 0.15) is 30.4 Å². The Hall–Kier alpha value is -1.90. The SMILES string of the molecule is c1ccc(C(=C2COCC3CCCCN3C2)c2ccccc2)cc1. The van der Waals surface area contributed by atoms with Crippen LogP contribution in [0, 0.1) is 0 Å². The molecule has 2 aromatic carbocycles.